The van der Waals surface area contributed by atoms with Crippen molar-refractivity contribution in [3.05, 3.63) is 54.1 Å². The van der Waals surface area contributed by atoms with Gasteiger partial charge in [0.2, 0.25) is 0 Å². The Kier molecular flexibility index (Phi) is 5.39. The van der Waals surface area contributed by atoms with Crippen molar-refractivity contribution in [2.24, 2.45) is 7.05 Å². The van der Waals surface area contributed by atoms with Crippen molar-refractivity contribution in [3.63, 3.8) is 0 Å². The van der Waals surface area contributed by atoms with Crippen LogP contribution in [0.3, 0.4) is 0 Å². The Labute approximate surface area is 112 Å². The number of aromatic nitrogens is 2. The molecule has 0 saturated heterocycles. The van der Waals surface area contributed by atoms with Gasteiger partial charge in [-0.2, -0.15) is 0 Å². The molecule has 2 aromatic heterocycles. The van der Waals surface area contributed by atoms with E-state index in [1.165, 1.54) is 5.56 Å². The van der Waals surface area contributed by atoms with Crippen molar-refractivity contribution in [1.29, 1.82) is 0 Å². The molecule has 0 spiro atoms. The number of pyridine rings is 1. The van der Waals surface area contributed by atoms with Crippen LogP contribution in [0.25, 0.3) is 0 Å². The number of carbonyl (C=O) groups is 1. The third-order valence-electron chi connectivity index (χ3n) is 2.52. The number of rotatable bonds is 4. The molecular weight excluding hydrogens is 250 g/mol. The fourth-order valence-corrected chi connectivity index (χ4v) is 1.63. The van der Waals surface area contributed by atoms with Gasteiger partial charge in [0.25, 0.3) is 5.91 Å². The Morgan fingerprint density at radius 3 is 2.89 bits per heavy atom. The maximum absolute atomic E-state index is 11.7. The SMILES string of the molecule is Cl.Cn1ccc(CCNC(=O)c2cccnc2)c1. The van der Waals surface area contributed by atoms with E-state index in [1.54, 1.807) is 24.5 Å². The summed E-state index contributed by atoms with van der Waals surface area (Å²) in [7, 11) is 1.98. The van der Waals surface area contributed by atoms with Crippen LogP contribution in [-0.4, -0.2) is 22.0 Å². The third kappa shape index (κ3) is 3.89. The average Bonchev–Trinajstić information content (AvgIpc) is 2.76. The van der Waals surface area contributed by atoms with Gasteiger partial charge >= 0.3 is 0 Å². The van der Waals surface area contributed by atoms with Crippen LogP contribution in [0.5, 0.6) is 0 Å². The lowest BCUT2D eigenvalue weighted by molar-refractivity contribution is 0.0954. The molecule has 0 radical (unpaired) electrons. The van der Waals surface area contributed by atoms with E-state index in [0.717, 1.165) is 6.42 Å². The first-order valence-electron chi connectivity index (χ1n) is 5.55. The third-order valence-corrected chi connectivity index (χ3v) is 2.52. The molecule has 96 valence electrons. The normalized spacial score (nSPS) is 9.61. The predicted octanol–water partition coefficient (Wildman–Crippen LogP) is 1.81. The van der Waals surface area contributed by atoms with Gasteiger partial charge in [-0.25, -0.2) is 0 Å². The molecule has 0 aliphatic carbocycles. The van der Waals surface area contributed by atoms with E-state index in [4.69, 9.17) is 0 Å². The monoisotopic (exact) mass is 265 g/mol. The van der Waals surface area contributed by atoms with Crippen LogP contribution in [-0.2, 0) is 13.5 Å². The lowest BCUT2D eigenvalue weighted by atomic mass is 10.2. The van der Waals surface area contributed by atoms with Crippen LogP contribution in [0.15, 0.2) is 43.0 Å². The molecule has 0 atom stereocenters. The molecule has 2 rings (SSSR count). The molecule has 4 nitrogen and oxygen atoms in total. The van der Waals surface area contributed by atoms with Crippen LogP contribution in [0.4, 0.5) is 0 Å². The highest BCUT2D eigenvalue weighted by Crippen LogP contribution is 2.00. The van der Waals surface area contributed by atoms with Crippen molar-refractivity contribution in [2.75, 3.05) is 6.54 Å². The highest BCUT2D eigenvalue weighted by atomic mass is 35.5. The fraction of sp³-hybridized carbons (Fsp3) is 0.231. The molecule has 2 heterocycles. The molecule has 18 heavy (non-hydrogen) atoms. The Morgan fingerprint density at radius 2 is 2.28 bits per heavy atom. The summed E-state index contributed by atoms with van der Waals surface area (Å²) in [6.07, 6.45) is 8.11. The molecule has 0 aliphatic rings. The Morgan fingerprint density at radius 1 is 1.44 bits per heavy atom. The fourth-order valence-electron chi connectivity index (χ4n) is 1.63. The quantitative estimate of drug-likeness (QED) is 0.917. The van der Waals surface area contributed by atoms with Crippen LogP contribution >= 0.6 is 12.4 Å². The molecule has 1 amide bonds. The van der Waals surface area contributed by atoms with Gasteiger partial charge in [-0.15, -0.1) is 12.4 Å². The van der Waals surface area contributed by atoms with Gasteiger partial charge in [0, 0.05) is 38.4 Å². The number of amides is 1. The van der Waals surface area contributed by atoms with Gasteiger partial charge in [0.1, 0.15) is 0 Å². The highest BCUT2D eigenvalue weighted by Gasteiger charge is 2.03. The molecule has 2 aromatic rings. The minimum atomic E-state index is -0.0750. The lowest BCUT2D eigenvalue weighted by Crippen LogP contribution is -2.25. The summed E-state index contributed by atoms with van der Waals surface area (Å²) < 4.78 is 2.00. The highest BCUT2D eigenvalue weighted by molar-refractivity contribution is 5.93. The molecule has 1 N–H and O–H groups in total. The first-order chi connectivity index (χ1) is 8.25. The van der Waals surface area contributed by atoms with Gasteiger partial charge in [-0.1, -0.05) is 0 Å². The van der Waals surface area contributed by atoms with Gasteiger partial charge < -0.3 is 9.88 Å². The van der Waals surface area contributed by atoms with Gasteiger partial charge in [0.15, 0.2) is 0 Å². The first-order valence-corrected chi connectivity index (χ1v) is 5.55. The van der Waals surface area contributed by atoms with E-state index in [-0.39, 0.29) is 18.3 Å². The number of nitrogens with one attached hydrogen (secondary N) is 1. The number of hydrogen-bond acceptors (Lipinski definition) is 2. The molecular formula is C13H16ClN3O. The average molecular weight is 266 g/mol. The second kappa shape index (κ2) is 6.81. The van der Waals surface area contributed by atoms with Crippen molar-refractivity contribution >= 4 is 18.3 Å². The number of aryl methyl sites for hydroxylation is 1. The summed E-state index contributed by atoms with van der Waals surface area (Å²) in [6.45, 7) is 0.637. The minimum absolute atomic E-state index is 0. The zero-order valence-electron chi connectivity index (χ0n) is 10.2. The molecule has 0 aliphatic heterocycles. The second-order valence-electron chi connectivity index (χ2n) is 3.93. The topological polar surface area (TPSA) is 46.9 Å². The van der Waals surface area contributed by atoms with E-state index < -0.39 is 0 Å². The molecule has 0 aromatic carbocycles. The maximum Gasteiger partial charge on any atom is 0.252 e. The molecule has 5 heteroatoms. The van der Waals surface area contributed by atoms with Gasteiger partial charge in [0.05, 0.1) is 5.56 Å². The van der Waals surface area contributed by atoms with E-state index in [2.05, 4.69) is 22.6 Å². The summed E-state index contributed by atoms with van der Waals surface area (Å²) >= 11 is 0. The van der Waals surface area contributed by atoms with Crippen molar-refractivity contribution in [1.82, 2.24) is 14.9 Å². The number of nitrogens with zero attached hydrogens (tertiary/aromatic N) is 2. The zero-order chi connectivity index (χ0) is 12.1. The minimum Gasteiger partial charge on any atom is -0.357 e. The molecule has 0 bridgehead atoms. The van der Waals surface area contributed by atoms with Crippen LogP contribution < -0.4 is 5.32 Å². The Hall–Kier alpha value is -1.81. The van der Waals surface area contributed by atoms with Crippen LogP contribution in [0.1, 0.15) is 15.9 Å². The summed E-state index contributed by atoms with van der Waals surface area (Å²) in [5.41, 5.74) is 1.82. The van der Waals surface area contributed by atoms with Crippen molar-refractivity contribution in [2.45, 2.75) is 6.42 Å². The van der Waals surface area contributed by atoms with Crippen LogP contribution in [0, 0.1) is 0 Å². The molecule has 0 unspecified atom stereocenters. The summed E-state index contributed by atoms with van der Waals surface area (Å²) in [5, 5.41) is 2.87. The van der Waals surface area contributed by atoms with Gasteiger partial charge in [-0.3, -0.25) is 9.78 Å². The number of halogens is 1. The largest absolute Gasteiger partial charge is 0.357 e. The summed E-state index contributed by atoms with van der Waals surface area (Å²) in [4.78, 5) is 15.6. The second-order valence-corrected chi connectivity index (χ2v) is 3.93. The summed E-state index contributed by atoms with van der Waals surface area (Å²) in [5.74, 6) is -0.0750. The first kappa shape index (κ1) is 14.3. The van der Waals surface area contributed by atoms with E-state index in [9.17, 15) is 4.79 Å². The van der Waals surface area contributed by atoms with Crippen molar-refractivity contribution < 1.29 is 4.79 Å². The Bertz CT molecular complexity index is 496. The maximum atomic E-state index is 11.7. The zero-order valence-corrected chi connectivity index (χ0v) is 11.0. The number of carbonyl (C=O) groups excluding carboxylic acids is 1. The summed E-state index contributed by atoms with van der Waals surface area (Å²) in [6, 6.07) is 5.56. The van der Waals surface area contributed by atoms with Crippen molar-refractivity contribution in [3.8, 4) is 0 Å². The Balaban J connectivity index is 0.00000162. The lowest BCUT2D eigenvalue weighted by Gasteiger charge is -2.03. The van der Waals surface area contributed by atoms with E-state index in [0.29, 0.717) is 12.1 Å². The number of hydrogen-bond donors (Lipinski definition) is 1. The van der Waals surface area contributed by atoms with E-state index >= 15 is 0 Å². The van der Waals surface area contributed by atoms with Crippen LogP contribution in [0.2, 0.25) is 0 Å². The standard InChI is InChI=1S/C13H15N3O.ClH/c1-16-8-5-11(10-16)4-7-15-13(17)12-3-2-6-14-9-12;/h2-3,5-6,8-10H,4,7H2,1H3,(H,15,17);1H. The smallest absolute Gasteiger partial charge is 0.252 e. The predicted molar refractivity (Wildman–Crippen MR) is 72.9 cm³/mol. The molecule has 0 saturated carbocycles. The van der Waals surface area contributed by atoms with E-state index in [1.807, 2.05) is 17.8 Å². The van der Waals surface area contributed by atoms with Gasteiger partial charge in [-0.05, 0) is 30.2 Å². The molecule has 0 fully saturated rings.